The fraction of sp³-hybridized carbons (Fsp3) is 0.200. The van der Waals surface area contributed by atoms with Gasteiger partial charge >= 0.3 is 0 Å². The Morgan fingerprint density at radius 1 is 1.00 bits per heavy atom. The zero-order valence-corrected chi connectivity index (χ0v) is 16.2. The lowest BCUT2D eigenvalue weighted by Crippen LogP contribution is -2.47. The lowest BCUT2D eigenvalue weighted by Gasteiger charge is -2.35. The smallest absolute Gasteiger partial charge is 0.257 e. The van der Waals surface area contributed by atoms with Gasteiger partial charge in [-0.25, -0.2) is 19.3 Å². The number of piperazine rings is 1. The summed E-state index contributed by atoms with van der Waals surface area (Å²) in [5.41, 5.74) is 0.619. The second-order valence-electron chi connectivity index (χ2n) is 6.51. The standard InChI is InChI=1S/C20H18ClFN6O/c21-17-11-14(22)4-5-16(17)19(29)26-15-12-24-20(25-13-15)28-9-7-27(8-10-28)18-3-1-2-6-23-18/h1-6,11-13H,7-10H2,(H,26,29). The number of amides is 1. The number of benzene rings is 1. The largest absolute Gasteiger partial charge is 0.353 e. The van der Waals surface area contributed by atoms with E-state index < -0.39 is 11.7 Å². The second-order valence-corrected chi connectivity index (χ2v) is 6.92. The lowest BCUT2D eigenvalue weighted by molar-refractivity contribution is 0.102. The Morgan fingerprint density at radius 2 is 1.72 bits per heavy atom. The van der Waals surface area contributed by atoms with E-state index >= 15 is 0 Å². The lowest BCUT2D eigenvalue weighted by atomic mass is 10.2. The summed E-state index contributed by atoms with van der Waals surface area (Å²) in [4.78, 5) is 29.7. The van der Waals surface area contributed by atoms with E-state index in [1.54, 1.807) is 18.6 Å². The van der Waals surface area contributed by atoms with Crippen molar-refractivity contribution in [1.82, 2.24) is 15.0 Å². The van der Waals surface area contributed by atoms with E-state index in [0.29, 0.717) is 11.6 Å². The molecule has 1 aliphatic rings. The summed E-state index contributed by atoms with van der Waals surface area (Å²) >= 11 is 5.93. The molecule has 0 unspecified atom stereocenters. The maximum absolute atomic E-state index is 13.1. The van der Waals surface area contributed by atoms with Crippen molar-refractivity contribution in [2.24, 2.45) is 0 Å². The van der Waals surface area contributed by atoms with Crippen molar-refractivity contribution in [3.8, 4) is 0 Å². The van der Waals surface area contributed by atoms with Crippen LogP contribution in [0.15, 0.2) is 55.0 Å². The average Bonchev–Trinajstić information content (AvgIpc) is 2.75. The highest BCUT2D eigenvalue weighted by Gasteiger charge is 2.20. The number of hydrogen-bond donors (Lipinski definition) is 1. The molecular formula is C20H18ClFN6O. The predicted octanol–water partition coefficient (Wildman–Crippen LogP) is 3.24. The minimum Gasteiger partial charge on any atom is -0.353 e. The fourth-order valence-electron chi connectivity index (χ4n) is 3.10. The molecule has 3 heterocycles. The van der Waals surface area contributed by atoms with E-state index in [1.165, 1.54) is 12.1 Å². The van der Waals surface area contributed by atoms with Crippen LogP contribution in [0.3, 0.4) is 0 Å². The van der Waals surface area contributed by atoms with Gasteiger partial charge in [0, 0.05) is 32.4 Å². The molecule has 1 fully saturated rings. The highest BCUT2D eigenvalue weighted by atomic mass is 35.5. The van der Waals surface area contributed by atoms with E-state index in [9.17, 15) is 9.18 Å². The Labute approximate surface area is 172 Å². The average molecular weight is 413 g/mol. The number of carbonyl (C=O) groups excluding carboxylic acids is 1. The SMILES string of the molecule is O=C(Nc1cnc(N2CCN(c3ccccn3)CC2)nc1)c1ccc(F)cc1Cl. The summed E-state index contributed by atoms with van der Waals surface area (Å²) < 4.78 is 13.1. The quantitative estimate of drug-likeness (QED) is 0.709. The van der Waals surface area contributed by atoms with Crippen LogP contribution in [0.4, 0.5) is 21.8 Å². The van der Waals surface area contributed by atoms with Crippen molar-refractivity contribution in [3.05, 3.63) is 71.4 Å². The molecule has 0 aliphatic carbocycles. The van der Waals surface area contributed by atoms with Crippen molar-refractivity contribution in [2.45, 2.75) is 0 Å². The van der Waals surface area contributed by atoms with E-state index in [2.05, 4.69) is 30.1 Å². The molecular weight excluding hydrogens is 395 g/mol. The predicted molar refractivity (Wildman–Crippen MR) is 110 cm³/mol. The Morgan fingerprint density at radius 3 is 2.38 bits per heavy atom. The summed E-state index contributed by atoms with van der Waals surface area (Å²) in [6, 6.07) is 9.49. The van der Waals surface area contributed by atoms with E-state index in [-0.39, 0.29) is 10.6 Å². The van der Waals surface area contributed by atoms with Crippen LogP contribution in [0.5, 0.6) is 0 Å². The Hall–Kier alpha value is -3.26. The summed E-state index contributed by atoms with van der Waals surface area (Å²) in [7, 11) is 0. The molecule has 2 aromatic heterocycles. The van der Waals surface area contributed by atoms with Crippen LogP contribution in [-0.2, 0) is 0 Å². The van der Waals surface area contributed by atoms with Crippen LogP contribution in [0, 0.1) is 5.82 Å². The van der Waals surface area contributed by atoms with Gasteiger partial charge < -0.3 is 15.1 Å². The van der Waals surface area contributed by atoms with Crippen LogP contribution < -0.4 is 15.1 Å². The van der Waals surface area contributed by atoms with Gasteiger partial charge in [-0.3, -0.25) is 4.79 Å². The number of halogens is 2. The first-order valence-electron chi connectivity index (χ1n) is 9.09. The van der Waals surface area contributed by atoms with Crippen molar-refractivity contribution in [2.75, 3.05) is 41.3 Å². The minimum atomic E-state index is -0.498. The molecule has 1 aliphatic heterocycles. The maximum atomic E-state index is 13.1. The highest BCUT2D eigenvalue weighted by Crippen LogP contribution is 2.20. The van der Waals surface area contributed by atoms with Crippen molar-refractivity contribution in [1.29, 1.82) is 0 Å². The first-order chi connectivity index (χ1) is 14.1. The van der Waals surface area contributed by atoms with Gasteiger partial charge in [-0.05, 0) is 30.3 Å². The number of nitrogens with one attached hydrogen (secondary N) is 1. The molecule has 1 amide bonds. The van der Waals surface area contributed by atoms with E-state index in [0.717, 1.165) is 38.1 Å². The number of hydrogen-bond acceptors (Lipinski definition) is 6. The minimum absolute atomic E-state index is 0.0471. The van der Waals surface area contributed by atoms with Gasteiger partial charge in [0.2, 0.25) is 5.95 Å². The zero-order valence-electron chi connectivity index (χ0n) is 15.4. The van der Waals surface area contributed by atoms with Gasteiger partial charge in [0.15, 0.2) is 0 Å². The molecule has 4 rings (SSSR count). The molecule has 1 saturated heterocycles. The summed E-state index contributed by atoms with van der Waals surface area (Å²) in [6.45, 7) is 3.19. The van der Waals surface area contributed by atoms with Crippen LogP contribution >= 0.6 is 11.6 Å². The third-order valence-electron chi connectivity index (χ3n) is 4.61. The van der Waals surface area contributed by atoms with Gasteiger partial charge in [-0.15, -0.1) is 0 Å². The highest BCUT2D eigenvalue weighted by molar-refractivity contribution is 6.34. The first kappa shape index (κ1) is 19.1. The molecule has 29 heavy (non-hydrogen) atoms. The fourth-order valence-corrected chi connectivity index (χ4v) is 3.35. The van der Waals surface area contributed by atoms with Crippen molar-refractivity contribution >= 4 is 35.0 Å². The Bertz CT molecular complexity index is 994. The van der Waals surface area contributed by atoms with Crippen LogP contribution in [-0.4, -0.2) is 47.0 Å². The van der Waals surface area contributed by atoms with Crippen LogP contribution in [0.1, 0.15) is 10.4 Å². The van der Waals surface area contributed by atoms with Crippen molar-refractivity contribution < 1.29 is 9.18 Å². The van der Waals surface area contributed by atoms with Gasteiger partial charge in [0.1, 0.15) is 11.6 Å². The van der Waals surface area contributed by atoms with Crippen molar-refractivity contribution in [3.63, 3.8) is 0 Å². The Balaban J connectivity index is 1.36. The molecule has 0 bridgehead atoms. The monoisotopic (exact) mass is 412 g/mol. The molecule has 1 aromatic carbocycles. The van der Waals surface area contributed by atoms with E-state index in [4.69, 9.17) is 11.6 Å². The molecule has 9 heteroatoms. The molecule has 7 nitrogen and oxygen atoms in total. The summed E-state index contributed by atoms with van der Waals surface area (Å²) in [6.07, 6.45) is 4.88. The third-order valence-corrected chi connectivity index (χ3v) is 4.92. The number of nitrogens with zero attached hydrogens (tertiary/aromatic N) is 5. The van der Waals surface area contributed by atoms with Gasteiger partial charge in [0.25, 0.3) is 5.91 Å². The number of carbonyl (C=O) groups is 1. The first-order valence-corrected chi connectivity index (χ1v) is 9.47. The topological polar surface area (TPSA) is 74.2 Å². The molecule has 1 N–H and O–H groups in total. The van der Waals surface area contributed by atoms with Crippen LogP contribution in [0.25, 0.3) is 0 Å². The van der Waals surface area contributed by atoms with Gasteiger partial charge in [-0.1, -0.05) is 17.7 Å². The number of aromatic nitrogens is 3. The van der Waals surface area contributed by atoms with Gasteiger partial charge in [-0.2, -0.15) is 0 Å². The zero-order chi connectivity index (χ0) is 20.2. The number of anilines is 3. The molecule has 148 valence electrons. The molecule has 3 aromatic rings. The molecule has 0 saturated carbocycles. The molecule has 0 radical (unpaired) electrons. The summed E-state index contributed by atoms with van der Waals surface area (Å²) in [5.74, 6) is 0.617. The van der Waals surface area contributed by atoms with Gasteiger partial charge in [0.05, 0.1) is 28.7 Å². The third kappa shape index (κ3) is 4.43. The Kier molecular flexibility index (Phi) is 5.53. The van der Waals surface area contributed by atoms with E-state index in [1.807, 2.05) is 18.2 Å². The number of rotatable bonds is 4. The molecule has 0 atom stereocenters. The maximum Gasteiger partial charge on any atom is 0.257 e. The second kappa shape index (κ2) is 8.40. The summed E-state index contributed by atoms with van der Waals surface area (Å²) in [5, 5.41) is 2.72. The van der Waals surface area contributed by atoms with Crippen LogP contribution in [0.2, 0.25) is 5.02 Å². The molecule has 0 spiro atoms. The normalized spacial score (nSPS) is 14.0. The number of pyridine rings is 1.